The van der Waals surface area contributed by atoms with Crippen LogP contribution in [0.25, 0.3) is 44.5 Å². The summed E-state index contributed by atoms with van der Waals surface area (Å²) in [4.78, 5) is 2.44. The number of rotatable bonds is 7. The van der Waals surface area contributed by atoms with Gasteiger partial charge in [0.1, 0.15) is 11.5 Å². The van der Waals surface area contributed by atoms with Gasteiger partial charge in [-0.3, -0.25) is 0 Å². The topological polar surface area (TPSA) is 12.5 Å². The van der Waals surface area contributed by atoms with Crippen LogP contribution in [0.4, 0.5) is 17.1 Å². The Morgan fingerprint density at radius 3 is 1.40 bits per heavy atom. The van der Waals surface area contributed by atoms with Crippen molar-refractivity contribution >= 4 is 17.1 Å². The molecule has 0 atom stereocenters. The first-order valence-electron chi connectivity index (χ1n) is 24.2. The number of anilines is 3. The minimum absolute atomic E-state index is 0.471. The molecule has 1 spiro atoms. The van der Waals surface area contributed by atoms with Crippen molar-refractivity contribution in [2.24, 2.45) is 0 Å². The number of fused-ring (bicyclic) bond motifs is 12. The van der Waals surface area contributed by atoms with Gasteiger partial charge < -0.3 is 9.64 Å². The summed E-state index contributed by atoms with van der Waals surface area (Å²) < 4.78 is 6.71. The third-order valence-electron chi connectivity index (χ3n) is 15.2. The van der Waals surface area contributed by atoms with Crippen LogP contribution in [0.5, 0.6) is 11.5 Å². The van der Waals surface area contributed by atoms with Crippen LogP contribution in [0, 0.1) is 0 Å². The van der Waals surface area contributed by atoms with E-state index in [-0.39, 0.29) is 0 Å². The molecular formula is C68H45NO. The van der Waals surface area contributed by atoms with E-state index in [2.05, 4.69) is 278 Å². The molecule has 0 bridgehead atoms. The summed E-state index contributed by atoms with van der Waals surface area (Å²) in [6.45, 7) is 0. The lowest BCUT2D eigenvalue weighted by Crippen LogP contribution is -2.32. The summed E-state index contributed by atoms with van der Waals surface area (Å²) in [5.41, 5.74) is 21.9. The molecule has 328 valence electrons. The average molecular weight is 892 g/mol. The molecule has 0 unspecified atom stereocenters. The zero-order chi connectivity index (χ0) is 46.2. The molecule has 0 aromatic heterocycles. The number of benzene rings is 11. The van der Waals surface area contributed by atoms with Gasteiger partial charge >= 0.3 is 0 Å². The molecule has 0 saturated heterocycles. The van der Waals surface area contributed by atoms with E-state index in [0.717, 1.165) is 45.3 Å². The van der Waals surface area contributed by atoms with E-state index in [1.165, 1.54) is 72.3 Å². The van der Waals surface area contributed by atoms with Crippen LogP contribution in [0.2, 0.25) is 0 Å². The third kappa shape index (κ3) is 5.74. The SMILES string of the molecule is c1ccc(-c2cccc(N(c3ccc(-c4cccc5c4-c4ccccc4C5(c4ccccc4)c4ccccc4)cc3)c3ccc4c(c3)C3(c5ccccc5Oc5ccccc53)c3ccccc3-4)c2)cc1. The number of para-hydroxylation sites is 2. The molecule has 1 heterocycles. The maximum atomic E-state index is 6.71. The molecule has 0 fully saturated rings. The van der Waals surface area contributed by atoms with Gasteiger partial charge in [0.2, 0.25) is 0 Å². The highest BCUT2D eigenvalue weighted by molar-refractivity contribution is 5.96. The monoisotopic (exact) mass is 891 g/mol. The van der Waals surface area contributed by atoms with Gasteiger partial charge in [0.25, 0.3) is 0 Å². The Labute approximate surface area is 409 Å². The maximum Gasteiger partial charge on any atom is 0.132 e. The Morgan fingerprint density at radius 1 is 0.257 bits per heavy atom. The molecular weight excluding hydrogens is 847 g/mol. The second-order valence-electron chi connectivity index (χ2n) is 18.7. The van der Waals surface area contributed by atoms with E-state index in [0.29, 0.717) is 0 Å². The summed E-state index contributed by atoms with van der Waals surface area (Å²) in [5.74, 6) is 1.77. The van der Waals surface area contributed by atoms with Crippen molar-refractivity contribution in [1.29, 1.82) is 0 Å². The Balaban J connectivity index is 0.965. The molecule has 2 nitrogen and oxygen atoms in total. The van der Waals surface area contributed by atoms with Gasteiger partial charge in [-0.25, -0.2) is 0 Å². The van der Waals surface area contributed by atoms with Crippen LogP contribution >= 0.6 is 0 Å². The number of hydrogen-bond acceptors (Lipinski definition) is 2. The van der Waals surface area contributed by atoms with E-state index in [9.17, 15) is 0 Å². The first-order valence-corrected chi connectivity index (χ1v) is 24.2. The number of nitrogens with zero attached hydrogens (tertiary/aromatic N) is 1. The second-order valence-corrected chi connectivity index (χ2v) is 18.7. The van der Waals surface area contributed by atoms with Gasteiger partial charge in [-0.2, -0.15) is 0 Å². The van der Waals surface area contributed by atoms with Gasteiger partial charge in [-0.05, 0) is 126 Å². The summed E-state index contributed by atoms with van der Waals surface area (Å²) in [7, 11) is 0. The molecule has 0 N–H and O–H groups in total. The highest BCUT2D eigenvalue weighted by Gasteiger charge is 2.51. The molecule has 3 aliphatic rings. The van der Waals surface area contributed by atoms with Crippen molar-refractivity contribution in [2.75, 3.05) is 4.90 Å². The van der Waals surface area contributed by atoms with Crippen LogP contribution in [0.1, 0.15) is 44.5 Å². The van der Waals surface area contributed by atoms with Crippen LogP contribution in [0.3, 0.4) is 0 Å². The van der Waals surface area contributed by atoms with Crippen LogP contribution in [-0.4, -0.2) is 0 Å². The van der Waals surface area contributed by atoms with E-state index in [4.69, 9.17) is 4.74 Å². The fourth-order valence-electron chi connectivity index (χ4n) is 12.4. The zero-order valence-electron chi connectivity index (χ0n) is 38.3. The molecule has 1 aliphatic heterocycles. The molecule has 11 aromatic carbocycles. The third-order valence-corrected chi connectivity index (χ3v) is 15.2. The lowest BCUT2D eigenvalue weighted by atomic mass is 9.66. The standard InChI is InChI=1S/C68H45NO/c1-4-20-46(21-5-1)48-22-18-27-52(44-48)69(53-42-43-56-55-28-10-12-31-58(55)68(63(56)45-53)60-33-14-16-36-64(60)70-65-37-17-15-34-61(65)68)51-40-38-47(39-41-51)54-30-19-35-62-66(54)57-29-11-13-32-59(57)67(62,49-23-6-2-7-24-49)50-25-8-3-9-26-50/h1-45H. The van der Waals surface area contributed by atoms with Crippen molar-refractivity contribution in [1.82, 2.24) is 0 Å². The van der Waals surface area contributed by atoms with Gasteiger partial charge in [-0.15, -0.1) is 0 Å². The average Bonchev–Trinajstić information content (AvgIpc) is 3.90. The minimum Gasteiger partial charge on any atom is -0.457 e. The Hall–Kier alpha value is -8.98. The molecule has 0 saturated carbocycles. The van der Waals surface area contributed by atoms with E-state index in [1.807, 2.05) is 0 Å². The number of ether oxygens (including phenoxy) is 1. The largest absolute Gasteiger partial charge is 0.457 e. The predicted molar refractivity (Wildman–Crippen MR) is 287 cm³/mol. The first kappa shape index (κ1) is 40.1. The molecule has 2 heteroatoms. The highest BCUT2D eigenvalue weighted by atomic mass is 16.5. The predicted octanol–water partition coefficient (Wildman–Crippen LogP) is 17.3. The Morgan fingerprint density at radius 2 is 0.729 bits per heavy atom. The van der Waals surface area contributed by atoms with E-state index >= 15 is 0 Å². The summed E-state index contributed by atoms with van der Waals surface area (Å²) >= 11 is 0. The summed E-state index contributed by atoms with van der Waals surface area (Å²) in [5, 5.41) is 0. The Bertz CT molecular complexity index is 3720. The molecule has 0 radical (unpaired) electrons. The summed E-state index contributed by atoms with van der Waals surface area (Å²) in [6, 6.07) is 100. The Kier molecular flexibility index (Phi) is 9.06. The van der Waals surface area contributed by atoms with Gasteiger partial charge in [0.05, 0.1) is 10.8 Å². The van der Waals surface area contributed by atoms with Gasteiger partial charge in [0, 0.05) is 28.2 Å². The van der Waals surface area contributed by atoms with Crippen LogP contribution in [-0.2, 0) is 10.8 Å². The van der Waals surface area contributed by atoms with Gasteiger partial charge in [-0.1, -0.05) is 224 Å². The smallest absolute Gasteiger partial charge is 0.132 e. The van der Waals surface area contributed by atoms with Crippen molar-refractivity contribution in [3.63, 3.8) is 0 Å². The fourth-order valence-corrected chi connectivity index (χ4v) is 12.4. The highest BCUT2D eigenvalue weighted by Crippen LogP contribution is 2.63. The quantitative estimate of drug-likeness (QED) is 0.158. The van der Waals surface area contributed by atoms with Crippen molar-refractivity contribution in [2.45, 2.75) is 10.8 Å². The fraction of sp³-hybridized carbons (Fsp3) is 0.0294. The normalized spacial score (nSPS) is 13.8. The van der Waals surface area contributed by atoms with Crippen LogP contribution in [0.15, 0.2) is 273 Å². The zero-order valence-corrected chi connectivity index (χ0v) is 38.3. The molecule has 0 amide bonds. The van der Waals surface area contributed by atoms with Crippen molar-refractivity contribution in [3.05, 3.63) is 317 Å². The number of hydrogen-bond donors (Lipinski definition) is 0. The van der Waals surface area contributed by atoms with E-state index in [1.54, 1.807) is 0 Å². The molecule has 14 rings (SSSR count). The lowest BCUT2D eigenvalue weighted by molar-refractivity contribution is 0.436. The van der Waals surface area contributed by atoms with Crippen molar-refractivity contribution < 1.29 is 4.74 Å². The first-order chi connectivity index (χ1) is 34.7. The maximum absolute atomic E-state index is 6.71. The second kappa shape index (κ2) is 15.8. The molecule has 2 aliphatic carbocycles. The van der Waals surface area contributed by atoms with Gasteiger partial charge in [0.15, 0.2) is 0 Å². The van der Waals surface area contributed by atoms with Crippen molar-refractivity contribution in [3.8, 4) is 56.0 Å². The minimum atomic E-state index is -0.590. The van der Waals surface area contributed by atoms with Crippen LogP contribution < -0.4 is 9.64 Å². The summed E-state index contributed by atoms with van der Waals surface area (Å²) in [6.07, 6.45) is 0. The molecule has 11 aromatic rings. The lowest BCUT2D eigenvalue weighted by Gasteiger charge is -2.39. The van der Waals surface area contributed by atoms with E-state index < -0.39 is 10.8 Å². The molecule has 70 heavy (non-hydrogen) atoms.